The maximum atomic E-state index is 13.7. The van der Waals surface area contributed by atoms with Gasteiger partial charge in [-0.25, -0.2) is 12.8 Å². The molecule has 0 N–H and O–H groups in total. The summed E-state index contributed by atoms with van der Waals surface area (Å²) >= 11 is 0. The van der Waals surface area contributed by atoms with Crippen LogP contribution in [0.4, 0.5) is 4.39 Å². The fourth-order valence-corrected chi connectivity index (χ4v) is 3.99. The molecule has 2 heterocycles. The lowest BCUT2D eigenvalue weighted by molar-refractivity contribution is 0.351. The molecular weight excluding hydrogens is 297 g/mol. The second kappa shape index (κ2) is 5.19. The number of hydrogen-bond donors (Lipinski definition) is 0. The number of sulfonamides is 1. The van der Waals surface area contributed by atoms with E-state index in [9.17, 15) is 12.8 Å². The van der Waals surface area contributed by atoms with Gasteiger partial charge in [0.05, 0.1) is 5.92 Å². The molecule has 0 radical (unpaired) electrons. The van der Waals surface area contributed by atoms with E-state index in [1.54, 1.807) is 6.92 Å². The summed E-state index contributed by atoms with van der Waals surface area (Å²) in [4.78, 5) is 3.83. The second-order valence-electron chi connectivity index (χ2n) is 4.96. The molecule has 0 amide bonds. The molecule has 2 aromatic rings. The molecule has 1 saturated heterocycles. The minimum absolute atomic E-state index is 0.146. The Morgan fingerprint density at radius 2 is 2.14 bits per heavy atom. The Hall–Kier alpha value is -1.80. The summed E-state index contributed by atoms with van der Waals surface area (Å²) in [6, 6.07) is 5.38. The Morgan fingerprint density at radius 1 is 1.38 bits per heavy atom. The predicted molar refractivity (Wildman–Crippen MR) is 71.6 cm³/mol. The van der Waals surface area contributed by atoms with Crippen molar-refractivity contribution < 1.29 is 17.3 Å². The first kappa shape index (κ1) is 14.2. The summed E-state index contributed by atoms with van der Waals surface area (Å²) in [7, 11) is -3.84. The van der Waals surface area contributed by atoms with Crippen LogP contribution in [-0.2, 0) is 10.0 Å². The predicted octanol–water partition coefficient (Wildman–Crippen LogP) is 1.70. The van der Waals surface area contributed by atoms with E-state index in [0.717, 1.165) is 6.07 Å². The third-order valence-corrected chi connectivity index (χ3v) is 5.40. The number of aromatic nitrogens is 2. The minimum atomic E-state index is -3.84. The summed E-state index contributed by atoms with van der Waals surface area (Å²) in [5.41, 5.74) is 0. The van der Waals surface area contributed by atoms with Gasteiger partial charge in [-0.2, -0.15) is 9.29 Å². The SMILES string of the molecule is Cc1noc([C@@H]2CCN(S(=O)(=O)c3ccccc3F)C2)n1. The van der Waals surface area contributed by atoms with E-state index in [4.69, 9.17) is 4.52 Å². The number of nitrogens with zero attached hydrogens (tertiary/aromatic N) is 3. The highest BCUT2D eigenvalue weighted by molar-refractivity contribution is 7.89. The lowest BCUT2D eigenvalue weighted by Crippen LogP contribution is -2.29. The fraction of sp³-hybridized carbons (Fsp3) is 0.385. The van der Waals surface area contributed by atoms with E-state index in [1.165, 1.54) is 22.5 Å². The zero-order chi connectivity index (χ0) is 15.0. The molecule has 0 aliphatic carbocycles. The van der Waals surface area contributed by atoms with E-state index in [1.807, 2.05) is 0 Å². The zero-order valence-corrected chi connectivity index (χ0v) is 12.2. The van der Waals surface area contributed by atoms with Crippen LogP contribution in [0.1, 0.15) is 24.1 Å². The molecule has 0 spiro atoms. The summed E-state index contributed by atoms with van der Waals surface area (Å²) in [6.45, 7) is 2.23. The lowest BCUT2D eigenvalue weighted by atomic mass is 10.1. The van der Waals surface area contributed by atoms with Crippen LogP contribution in [0.25, 0.3) is 0 Å². The highest BCUT2D eigenvalue weighted by Gasteiger charge is 2.36. The van der Waals surface area contributed by atoms with Gasteiger partial charge < -0.3 is 4.52 Å². The highest BCUT2D eigenvalue weighted by Crippen LogP contribution is 2.30. The van der Waals surface area contributed by atoms with Crippen LogP contribution >= 0.6 is 0 Å². The first-order valence-electron chi connectivity index (χ1n) is 6.53. The summed E-state index contributed by atoms with van der Waals surface area (Å²) < 4.78 is 45.0. The Labute approximate surface area is 121 Å². The van der Waals surface area contributed by atoms with Crippen molar-refractivity contribution in [1.82, 2.24) is 14.4 Å². The van der Waals surface area contributed by atoms with Gasteiger partial charge in [0.1, 0.15) is 10.7 Å². The second-order valence-corrected chi connectivity index (χ2v) is 6.87. The Bertz CT molecular complexity index is 760. The van der Waals surface area contributed by atoms with E-state index < -0.39 is 15.8 Å². The van der Waals surface area contributed by atoms with E-state index in [-0.39, 0.29) is 17.4 Å². The van der Waals surface area contributed by atoms with Crippen LogP contribution in [0.2, 0.25) is 0 Å². The van der Waals surface area contributed by atoms with Crippen LogP contribution in [-0.4, -0.2) is 36.0 Å². The molecule has 6 nitrogen and oxygen atoms in total. The van der Waals surface area contributed by atoms with Crippen molar-refractivity contribution in [3.8, 4) is 0 Å². The van der Waals surface area contributed by atoms with Gasteiger partial charge >= 0.3 is 0 Å². The molecule has 0 saturated carbocycles. The first-order chi connectivity index (χ1) is 9.98. The van der Waals surface area contributed by atoms with Crippen molar-refractivity contribution in [2.75, 3.05) is 13.1 Å². The third-order valence-electron chi connectivity index (χ3n) is 3.50. The Kier molecular flexibility index (Phi) is 3.50. The van der Waals surface area contributed by atoms with Crippen LogP contribution < -0.4 is 0 Å². The molecule has 1 fully saturated rings. The molecule has 1 aromatic heterocycles. The third kappa shape index (κ3) is 2.56. The van der Waals surface area contributed by atoms with Gasteiger partial charge in [-0.15, -0.1) is 0 Å². The van der Waals surface area contributed by atoms with Crippen molar-refractivity contribution in [3.63, 3.8) is 0 Å². The molecule has 8 heteroatoms. The standard InChI is InChI=1S/C13H14FN3O3S/c1-9-15-13(20-16-9)10-6-7-17(8-10)21(18,19)12-5-3-2-4-11(12)14/h2-5,10H,6-8H2,1H3/t10-/m1/s1. The average molecular weight is 311 g/mol. The molecule has 112 valence electrons. The summed E-state index contributed by atoms with van der Waals surface area (Å²) in [5, 5.41) is 3.71. The maximum Gasteiger partial charge on any atom is 0.246 e. The van der Waals surface area contributed by atoms with Gasteiger partial charge in [-0.05, 0) is 25.5 Å². The van der Waals surface area contributed by atoms with E-state index >= 15 is 0 Å². The van der Waals surface area contributed by atoms with Crippen molar-refractivity contribution in [3.05, 3.63) is 41.8 Å². The molecule has 21 heavy (non-hydrogen) atoms. The van der Waals surface area contributed by atoms with Gasteiger partial charge in [0.15, 0.2) is 5.82 Å². The Balaban J connectivity index is 1.84. The zero-order valence-electron chi connectivity index (χ0n) is 11.4. The average Bonchev–Trinajstić information content (AvgIpc) is 3.07. The Morgan fingerprint density at radius 3 is 2.81 bits per heavy atom. The lowest BCUT2D eigenvalue weighted by Gasteiger charge is -2.16. The van der Waals surface area contributed by atoms with Crippen molar-refractivity contribution in [2.24, 2.45) is 0 Å². The first-order valence-corrected chi connectivity index (χ1v) is 7.97. The smallest absolute Gasteiger partial charge is 0.246 e. The van der Waals surface area contributed by atoms with Gasteiger partial charge in [-0.3, -0.25) is 0 Å². The molecular formula is C13H14FN3O3S. The maximum absolute atomic E-state index is 13.7. The molecule has 1 aliphatic rings. The molecule has 0 unspecified atom stereocenters. The van der Waals surface area contributed by atoms with Crippen molar-refractivity contribution in [2.45, 2.75) is 24.2 Å². The minimum Gasteiger partial charge on any atom is -0.339 e. The van der Waals surface area contributed by atoms with Gasteiger partial charge in [0, 0.05) is 13.1 Å². The summed E-state index contributed by atoms with van der Waals surface area (Å²) in [5.74, 6) is 0.0569. The largest absolute Gasteiger partial charge is 0.339 e. The van der Waals surface area contributed by atoms with Gasteiger partial charge in [0.25, 0.3) is 0 Å². The molecule has 1 atom stereocenters. The monoisotopic (exact) mass is 311 g/mol. The number of hydrogen-bond acceptors (Lipinski definition) is 5. The molecule has 1 aromatic carbocycles. The highest BCUT2D eigenvalue weighted by atomic mass is 32.2. The van der Waals surface area contributed by atoms with Crippen LogP contribution in [0.5, 0.6) is 0 Å². The summed E-state index contributed by atoms with van der Waals surface area (Å²) in [6.07, 6.45) is 0.579. The molecule has 1 aliphatic heterocycles. The van der Waals surface area contributed by atoms with Crippen molar-refractivity contribution >= 4 is 10.0 Å². The number of rotatable bonds is 3. The fourth-order valence-electron chi connectivity index (χ4n) is 2.42. The number of halogens is 1. The quantitative estimate of drug-likeness (QED) is 0.862. The van der Waals surface area contributed by atoms with E-state index in [2.05, 4.69) is 10.1 Å². The van der Waals surface area contributed by atoms with Gasteiger partial charge in [-0.1, -0.05) is 17.3 Å². The van der Waals surface area contributed by atoms with Gasteiger partial charge in [0.2, 0.25) is 15.9 Å². The topological polar surface area (TPSA) is 76.3 Å². The number of benzene rings is 1. The van der Waals surface area contributed by atoms with Crippen LogP contribution in [0, 0.1) is 12.7 Å². The normalized spacial score (nSPS) is 20.0. The van der Waals surface area contributed by atoms with Crippen LogP contribution in [0.3, 0.4) is 0 Å². The number of aryl methyl sites for hydroxylation is 1. The van der Waals surface area contributed by atoms with E-state index in [0.29, 0.717) is 24.7 Å². The molecule has 0 bridgehead atoms. The van der Waals surface area contributed by atoms with Crippen molar-refractivity contribution in [1.29, 1.82) is 0 Å². The molecule has 3 rings (SSSR count). The van der Waals surface area contributed by atoms with Crippen LogP contribution in [0.15, 0.2) is 33.7 Å².